The Labute approximate surface area is 193 Å². The van der Waals surface area contributed by atoms with Crippen LogP contribution in [0, 0.1) is 46.3 Å². The first-order chi connectivity index (χ1) is 14.8. The van der Waals surface area contributed by atoms with E-state index in [9.17, 15) is 24.3 Å². The standard InChI is InChI=1S/C25H43O6P/c1-15(5-6-16(2)26)19-7-8-20-23-21(10-12-25(19,20)4)24(3)11-9-18(27)13-17(24)14-22(23)31-32(28,29)30/h15,17-23,27H,5-14H2,1-4H3,(H2,28,29,30)/t15-,17+,18-,19-,20+,21+,22?,23+,24+,25-/m1/s1. The van der Waals surface area contributed by atoms with E-state index in [-0.39, 0.29) is 34.6 Å². The third-order valence-corrected chi connectivity index (χ3v) is 11.2. The van der Waals surface area contributed by atoms with Gasteiger partial charge in [0, 0.05) is 6.42 Å². The molecule has 3 N–H and O–H groups in total. The highest BCUT2D eigenvalue weighted by molar-refractivity contribution is 7.46. The molecular formula is C25H43O6P. The summed E-state index contributed by atoms with van der Waals surface area (Å²) in [5.41, 5.74) is 0.240. The second kappa shape index (κ2) is 8.75. The van der Waals surface area contributed by atoms with Crippen LogP contribution in [0.3, 0.4) is 0 Å². The third kappa shape index (κ3) is 4.40. The predicted molar refractivity (Wildman–Crippen MR) is 123 cm³/mol. The molecule has 0 aliphatic heterocycles. The Kier molecular flexibility index (Phi) is 6.80. The monoisotopic (exact) mass is 470 g/mol. The van der Waals surface area contributed by atoms with Gasteiger partial charge in [0.25, 0.3) is 0 Å². The van der Waals surface area contributed by atoms with E-state index >= 15 is 0 Å². The van der Waals surface area contributed by atoms with Gasteiger partial charge in [0.2, 0.25) is 0 Å². The number of carbonyl (C=O) groups excluding carboxylic acids is 1. The smallest absolute Gasteiger partial charge is 0.393 e. The maximum absolute atomic E-state index is 12.0. The Morgan fingerprint density at radius 1 is 1.06 bits per heavy atom. The van der Waals surface area contributed by atoms with E-state index < -0.39 is 13.9 Å². The minimum Gasteiger partial charge on any atom is -0.393 e. The summed E-state index contributed by atoms with van der Waals surface area (Å²) in [4.78, 5) is 31.1. The first-order valence-electron chi connectivity index (χ1n) is 12.8. The van der Waals surface area contributed by atoms with Crippen molar-refractivity contribution in [3.63, 3.8) is 0 Å². The summed E-state index contributed by atoms with van der Waals surface area (Å²) in [7, 11) is -4.60. The molecule has 4 rings (SSSR count). The Bertz CT molecular complexity index is 766. The fraction of sp³-hybridized carbons (Fsp3) is 0.960. The highest BCUT2D eigenvalue weighted by Gasteiger charge is 2.63. The zero-order valence-corrected chi connectivity index (χ0v) is 21.1. The molecule has 0 saturated heterocycles. The van der Waals surface area contributed by atoms with Crippen molar-refractivity contribution in [1.82, 2.24) is 0 Å². The molecule has 32 heavy (non-hydrogen) atoms. The molecule has 0 amide bonds. The molecule has 4 aliphatic rings. The van der Waals surface area contributed by atoms with Crippen molar-refractivity contribution < 1.29 is 28.8 Å². The van der Waals surface area contributed by atoms with E-state index in [0.29, 0.717) is 42.9 Å². The molecule has 4 saturated carbocycles. The number of rotatable bonds is 6. The van der Waals surface area contributed by atoms with Crippen LogP contribution in [0.2, 0.25) is 0 Å². The normalized spacial score (nSPS) is 47.3. The van der Waals surface area contributed by atoms with E-state index in [1.807, 2.05) is 0 Å². The summed E-state index contributed by atoms with van der Waals surface area (Å²) in [6, 6.07) is 0. The van der Waals surface area contributed by atoms with Crippen molar-refractivity contribution in [2.75, 3.05) is 0 Å². The number of Topliss-reactive ketones (excluding diaryl/α,β-unsaturated/α-hetero) is 1. The summed E-state index contributed by atoms with van der Waals surface area (Å²) in [5.74, 6) is 2.46. The van der Waals surface area contributed by atoms with Crippen LogP contribution in [-0.2, 0) is 13.9 Å². The fourth-order valence-corrected chi connectivity index (χ4v) is 9.65. The highest BCUT2D eigenvalue weighted by atomic mass is 31.2. The van der Waals surface area contributed by atoms with Crippen molar-refractivity contribution in [2.24, 2.45) is 46.3 Å². The lowest BCUT2D eigenvalue weighted by atomic mass is 9.43. The van der Waals surface area contributed by atoms with Crippen LogP contribution < -0.4 is 0 Å². The molecular weight excluding hydrogens is 427 g/mol. The van der Waals surface area contributed by atoms with Gasteiger partial charge in [-0.2, -0.15) is 0 Å². The predicted octanol–water partition coefficient (Wildman–Crippen LogP) is 5.10. The lowest BCUT2D eigenvalue weighted by Gasteiger charge is -2.63. The number of phosphoric acid groups is 1. The maximum atomic E-state index is 12.0. The Hall–Kier alpha value is -0.260. The molecule has 4 aliphatic carbocycles. The molecule has 0 aromatic heterocycles. The fourth-order valence-electron chi connectivity index (χ4n) is 9.07. The van der Waals surface area contributed by atoms with Crippen LogP contribution in [0.15, 0.2) is 0 Å². The average molecular weight is 471 g/mol. The molecule has 0 radical (unpaired) electrons. The minimum atomic E-state index is -4.60. The average Bonchev–Trinajstić information content (AvgIpc) is 3.03. The summed E-state index contributed by atoms with van der Waals surface area (Å²) < 4.78 is 17.5. The maximum Gasteiger partial charge on any atom is 0.469 e. The van der Waals surface area contributed by atoms with Gasteiger partial charge in [0.1, 0.15) is 5.78 Å². The molecule has 6 nitrogen and oxygen atoms in total. The third-order valence-electron chi connectivity index (χ3n) is 10.6. The summed E-state index contributed by atoms with van der Waals surface area (Å²) in [6.45, 7) is 8.74. The molecule has 0 spiro atoms. The second-order valence-corrected chi connectivity index (χ2v) is 13.4. The largest absolute Gasteiger partial charge is 0.469 e. The first-order valence-corrected chi connectivity index (χ1v) is 14.3. The highest BCUT2D eigenvalue weighted by Crippen LogP contribution is 2.69. The second-order valence-electron chi connectivity index (χ2n) is 12.2. The van der Waals surface area contributed by atoms with E-state index in [1.54, 1.807) is 6.92 Å². The van der Waals surface area contributed by atoms with Crippen molar-refractivity contribution in [2.45, 2.75) is 104 Å². The van der Waals surface area contributed by atoms with Crippen LogP contribution in [0.1, 0.15) is 91.9 Å². The van der Waals surface area contributed by atoms with Gasteiger partial charge >= 0.3 is 7.82 Å². The topological polar surface area (TPSA) is 104 Å². The number of hydrogen-bond donors (Lipinski definition) is 3. The van der Waals surface area contributed by atoms with E-state index in [1.165, 1.54) is 0 Å². The number of carbonyl (C=O) groups is 1. The van der Waals surface area contributed by atoms with Gasteiger partial charge in [0.15, 0.2) is 0 Å². The van der Waals surface area contributed by atoms with Gasteiger partial charge in [0.05, 0.1) is 12.2 Å². The molecule has 10 atom stereocenters. The zero-order valence-electron chi connectivity index (χ0n) is 20.2. The quantitative estimate of drug-likeness (QED) is 0.467. The van der Waals surface area contributed by atoms with Crippen molar-refractivity contribution in [3.8, 4) is 0 Å². The lowest BCUT2D eigenvalue weighted by Crippen LogP contribution is -2.59. The van der Waals surface area contributed by atoms with Crippen molar-refractivity contribution in [1.29, 1.82) is 0 Å². The molecule has 184 valence electrons. The Morgan fingerprint density at radius 3 is 2.38 bits per heavy atom. The van der Waals surface area contributed by atoms with Gasteiger partial charge < -0.3 is 19.7 Å². The lowest BCUT2D eigenvalue weighted by molar-refractivity contribution is -0.171. The molecule has 0 aromatic rings. The minimum absolute atomic E-state index is 0.109. The number of aliphatic hydroxyl groups excluding tert-OH is 1. The van der Waals surface area contributed by atoms with Gasteiger partial charge in [-0.05, 0) is 111 Å². The van der Waals surface area contributed by atoms with Crippen molar-refractivity contribution in [3.05, 3.63) is 0 Å². The van der Waals surface area contributed by atoms with Gasteiger partial charge in [-0.1, -0.05) is 20.8 Å². The molecule has 0 bridgehead atoms. The zero-order chi connectivity index (χ0) is 23.5. The van der Waals surface area contributed by atoms with E-state index in [0.717, 1.165) is 44.9 Å². The molecule has 7 heteroatoms. The Balaban J connectivity index is 1.64. The number of phosphoric ester groups is 1. The Morgan fingerprint density at radius 2 is 1.72 bits per heavy atom. The van der Waals surface area contributed by atoms with Crippen LogP contribution in [-0.4, -0.2) is 32.9 Å². The summed E-state index contributed by atoms with van der Waals surface area (Å²) >= 11 is 0. The number of ketones is 1. The molecule has 0 aromatic carbocycles. The van der Waals surface area contributed by atoms with Crippen LogP contribution >= 0.6 is 7.82 Å². The van der Waals surface area contributed by atoms with Gasteiger partial charge in [-0.25, -0.2) is 4.57 Å². The van der Waals surface area contributed by atoms with E-state index in [2.05, 4.69) is 20.8 Å². The summed E-state index contributed by atoms with van der Waals surface area (Å²) in [6.07, 6.45) is 8.39. The summed E-state index contributed by atoms with van der Waals surface area (Å²) in [5, 5.41) is 10.3. The van der Waals surface area contributed by atoms with Crippen molar-refractivity contribution >= 4 is 13.6 Å². The number of fused-ring (bicyclic) bond motifs is 5. The number of aliphatic hydroxyl groups is 1. The van der Waals surface area contributed by atoms with Gasteiger partial charge in [-0.15, -0.1) is 0 Å². The SMILES string of the molecule is CC(=O)CC[C@@H](C)[C@H]1CC[C@H]2[C@@H]3C(OP(=O)(O)O)C[C@@H]4C[C@H](O)CC[C@]4(C)[C@H]3CC[C@]12C. The number of hydrogen-bond acceptors (Lipinski definition) is 4. The molecule has 4 fully saturated rings. The van der Waals surface area contributed by atoms with Crippen LogP contribution in [0.4, 0.5) is 0 Å². The van der Waals surface area contributed by atoms with Gasteiger partial charge in [-0.3, -0.25) is 4.52 Å². The van der Waals surface area contributed by atoms with Crippen LogP contribution in [0.5, 0.6) is 0 Å². The van der Waals surface area contributed by atoms with Crippen LogP contribution in [0.25, 0.3) is 0 Å². The molecule has 1 unspecified atom stereocenters. The molecule has 0 heterocycles. The first kappa shape index (κ1) is 24.9. The van der Waals surface area contributed by atoms with E-state index in [4.69, 9.17) is 4.52 Å².